The van der Waals surface area contributed by atoms with Gasteiger partial charge in [-0.05, 0) is 135 Å². The number of hydrogen-bond donors (Lipinski definition) is 4. The van der Waals surface area contributed by atoms with Crippen LogP contribution in [0.25, 0.3) is 0 Å². The number of hydrogen-bond acceptors (Lipinski definition) is 6. The minimum atomic E-state index is 0.0852. The van der Waals surface area contributed by atoms with Crippen LogP contribution in [0.5, 0.6) is 11.5 Å². The first-order chi connectivity index (χ1) is 22.2. The van der Waals surface area contributed by atoms with Gasteiger partial charge in [0.1, 0.15) is 11.5 Å². The van der Waals surface area contributed by atoms with Crippen molar-refractivity contribution in [1.29, 1.82) is 0 Å². The molecule has 2 aromatic rings. The van der Waals surface area contributed by atoms with E-state index in [-0.39, 0.29) is 21.9 Å². The van der Waals surface area contributed by atoms with Gasteiger partial charge in [0, 0.05) is 47.2 Å². The lowest BCUT2D eigenvalue weighted by Gasteiger charge is -2.55. The summed E-state index contributed by atoms with van der Waals surface area (Å²) in [6.45, 7) is 7.77. The summed E-state index contributed by atoms with van der Waals surface area (Å²) < 4.78 is 12.4. The highest BCUT2D eigenvalue weighted by Gasteiger charge is 2.54. The van der Waals surface area contributed by atoms with Gasteiger partial charge >= 0.3 is 0 Å². The number of phenols is 2. The van der Waals surface area contributed by atoms with Gasteiger partial charge in [0.05, 0.1) is 13.2 Å². The molecule has 250 valence electrons. The monoisotopic (exact) mass is 628 g/mol. The SMILES string of the molecule is C[C@@]12CCCC3(CCOCCOCCC45CCC[C@H]6Cc7ccc(O)cc7[C@@](C)(CC4)[C@H]6N5)CC[C@@H](Cc4ccc(O)cc41)[C@@H]2N3. The Labute approximate surface area is 276 Å². The topological polar surface area (TPSA) is 83.0 Å². The number of phenolic OH excluding ortho intramolecular Hbond substituents is 2. The fourth-order valence-corrected chi connectivity index (χ4v) is 11.6. The molecule has 0 saturated carbocycles. The van der Waals surface area contributed by atoms with E-state index in [0.29, 0.717) is 48.6 Å². The molecular weight excluding hydrogens is 572 g/mol. The zero-order valence-corrected chi connectivity index (χ0v) is 28.2. The van der Waals surface area contributed by atoms with Crippen molar-refractivity contribution >= 4 is 0 Å². The van der Waals surface area contributed by atoms with Gasteiger partial charge in [0.25, 0.3) is 0 Å². The smallest absolute Gasteiger partial charge is 0.115 e. The van der Waals surface area contributed by atoms with E-state index in [1.165, 1.54) is 86.5 Å². The van der Waals surface area contributed by atoms with Crippen LogP contribution in [-0.2, 0) is 33.1 Å². The summed E-state index contributed by atoms with van der Waals surface area (Å²) in [6.07, 6.45) is 16.7. The number of rotatable bonds is 9. The van der Waals surface area contributed by atoms with Crippen LogP contribution in [0, 0.1) is 11.8 Å². The summed E-state index contributed by atoms with van der Waals surface area (Å²) >= 11 is 0. The van der Waals surface area contributed by atoms with Crippen LogP contribution in [0.15, 0.2) is 36.4 Å². The van der Waals surface area contributed by atoms with Gasteiger partial charge in [0.2, 0.25) is 0 Å². The summed E-state index contributed by atoms with van der Waals surface area (Å²) in [4.78, 5) is 0. The number of ether oxygens (including phenoxy) is 2. The molecule has 2 aromatic carbocycles. The molecule has 4 saturated heterocycles. The van der Waals surface area contributed by atoms with E-state index in [4.69, 9.17) is 9.47 Å². The van der Waals surface area contributed by atoms with Gasteiger partial charge in [-0.25, -0.2) is 0 Å². The predicted molar refractivity (Wildman–Crippen MR) is 182 cm³/mol. The van der Waals surface area contributed by atoms with Crippen molar-refractivity contribution < 1.29 is 19.7 Å². The Morgan fingerprint density at radius 2 is 1.17 bits per heavy atom. The molecule has 4 N–H and O–H groups in total. The average molecular weight is 629 g/mol. The van der Waals surface area contributed by atoms with E-state index < -0.39 is 0 Å². The van der Waals surface area contributed by atoms with Crippen LogP contribution >= 0.6 is 0 Å². The number of fused-ring (bicyclic) bond motifs is 6. The second kappa shape index (κ2) is 11.8. The zero-order valence-electron chi connectivity index (χ0n) is 28.2. The van der Waals surface area contributed by atoms with E-state index in [9.17, 15) is 10.2 Å². The highest BCUT2D eigenvalue weighted by Crippen LogP contribution is 2.54. The van der Waals surface area contributed by atoms with Crippen molar-refractivity contribution in [3.8, 4) is 11.5 Å². The summed E-state index contributed by atoms with van der Waals surface area (Å²) in [5.74, 6) is 2.15. The molecule has 2 aliphatic carbocycles. The Bertz CT molecular complexity index is 1430. The number of nitrogens with one attached hydrogen (secondary N) is 2. The largest absolute Gasteiger partial charge is 0.508 e. The van der Waals surface area contributed by atoms with Gasteiger partial charge in [-0.2, -0.15) is 0 Å². The van der Waals surface area contributed by atoms with Crippen LogP contribution in [0.2, 0.25) is 0 Å². The first-order valence-electron chi connectivity index (χ1n) is 18.6. The predicted octanol–water partition coefficient (Wildman–Crippen LogP) is 6.82. The van der Waals surface area contributed by atoms with E-state index >= 15 is 0 Å². The molecule has 6 nitrogen and oxygen atoms in total. The molecule has 0 radical (unpaired) electrons. The maximum Gasteiger partial charge on any atom is 0.115 e. The highest BCUT2D eigenvalue weighted by molar-refractivity contribution is 5.46. The maximum absolute atomic E-state index is 10.3. The number of piperidine rings is 2. The average Bonchev–Trinajstić information content (AvgIpc) is 3.29. The Balaban J connectivity index is 0.809. The molecule has 4 heterocycles. The molecule has 6 aliphatic rings. The maximum atomic E-state index is 10.3. The van der Waals surface area contributed by atoms with Crippen molar-refractivity contribution in [2.24, 2.45) is 11.8 Å². The van der Waals surface area contributed by atoms with Crippen molar-refractivity contribution in [3.05, 3.63) is 58.7 Å². The lowest BCUT2D eigenvalue weighted by Crippen LogP contribution is -2.65. The van der Waals surface area contributed by atoms with Gasteiger partial charge in [0.15, 0.2) is 0 Å². The summed E-state index contributed by atoms with van der Waals surface area (Å²) in [7, 11) is 0. The molecule has 4 aliphatic heterocycles. The lowest BCUT2D eigenvalue weighted by atomic mass is 9.58. The quantitative estimate of drug-likeness (QED) is 0.228. The third-order valence-corrected chi connectivity index (χ3v) is 14.1. The second-order valence-corrected chi connectivity index (χ2v) is 16.8. The molecule has 2 unspecified atom stereocenters. The van der Waals surface area contributed by atoms with Crippen LogP contribution in [0.1, 0.15) is 113 Å². The number of benzene rings is 2. The van der Waals surface area contributed by atoms with E-state index in [1.54, 1.807) is 0 Å². The number of aromatic hydroxyl groups is 2. The fraction of sp³-hybridized carbons (Fsp3) is 0.700. The fourth-order valence-electron chi connectivity index (χ4n) is 11.6. The van der Waals surface area contributed by atoms with Gasteiger partial charge in [-0.3, -0.25) is 0 Å². The van der Waals surface area contributed by atoms with Crippen LogP contribution in [0.4, 0.5) is 0 Å². The second-order valence-electron chi connectivity index (χ2n) is 16.8. The lowest BCUT2D eigenvalue weighted by molar-refractivity contribution is 0.0135. The molecule has 6 heteroatoms. The normalized spacial score (nSPS) is 39.1. The molecule has 0 amide bonds. The molecule has 0 aromatic heterocycles. The van der Waals surface area contributed by atoms with Crippen LogP contribution in [0.3, 0.4) is 0 Å². The molecule has 4 fully saturated rings. The van der Waals surface area contributed by atoms with Gasteiger partial charge in [-0.1, -0.05) is 38.8 Å². The molecule has 46 heavy (non-hydrogen) atoms. The van der Waals surface area contributed by atoms with E-state index in [0.717, 1.165) is 38.9 Å². The van der Waals surface area contributed by atoms with E-state index in [2.05, 4.69) is 36.6 Å². The van der Waals surface area contributed by atoms with Crippen molar-refractivity contribution in [2.45, 2.75) is 138 Å². The van der Waals surface area contributed by atoms with Crippen molar-refractivity contribution in [2.75, 3.05) is 26.4 Å². The van der Waals surface area contributed by atoms with E-state index in [1.807, 2.05) is 24.3 Å². The molecular formula is C40H56N2O4. The minimum absolute atomic E-state index is 0.0852. The minimum Gasteiger partial charge on any atom is -0.508 e. The third-order valence-electron chi connectivity index (χ3n) is 14.1. The first kappa shape index (κ1) is 31.2. The van der Waals surface area contributed by atoms with Crippen LogP contribution in [-0.4, -0.2) is 59.8 Å². The third kappa shape index (κ3) is 5.30. The first-order valence-corrected chi connectivity index (χ1v) is 18.6. The summed E-state index contributed by atoms with van der Waals surface area (Å²) in [5, 5.41) is 29.0. The summed E-state index contributed by atoms with van der Waals surface area (Å²) in [5.41, 5.74) is 6.15. The Hall–Kier alpha value is -2.12. The Kier molecular flexibility index (Phi) is 7.99. The van der Waals surface area contributed by atoms with Crippen molar-refractivity contribution in [1.82, 2.24) is 10.6 Å². The highest BCUT2D eigenvalue weighted by atomic mass is 16.5. The van der Waals surface area contributed by atoms with Crippen molar-refractivity contribution in [3.63, 3.8) is 0 Å². The Morgan fingerprint density at radius 1 is 0.630 bits per heavy atom. The van der Waals surface area contributed by atoms with Gasteiger partial charge < -0.3 is 30.3 Å². The molecule has 0 spiro atoms. The molecule has 8 atom stereocenters. The Morgan fingerprint density at radius 3 is 1.80 bits per heavy atom. The summed E-state index contributed by atoms with van der Waals surface area (Å²) in [6, 6.07) is 13.1. The van der Waals surface area contributed by atoms with Gasteiger partial charge in [-0.15, -0.1) is 0 Å². The standard InChI is InChI=1S/C40H56N2O4/c1-37-11-4-13-39(14-10-30(36(37)41-39)24-28-7-9-31(43)25-33(28)37)17-19-45-21-22-46-20-18-40-12-3-5-29-23-27-6-8-32(44)26-34(27)38(2,15-16-40)35(29)42-40/h6-9,25-26,29-30,35-36,41-44H,3-5,10-24H2,1-2H3/t29-,30-,35-,36-,37+,38+,39?,40?/m0/s1. The van der Waals surface area contributed by atoms with Crippen LogP contribution < -0.4 is 10.6 Å². The molecule has 8 rings (SSSR count). The zero-order chi connectivity index (χ0) is 31.6. The molecule has 4 bridgehead atoms.